The van der Waals surface area contributed by atoms with Crippen LogP contribution in [-0.4, -0.2) is 39.3 Å². The molecule has 0 amide bonds. The van der Waals surface area contributed by atoms with E-state index in [0.717, 1.165) is 39.3 Å². The van der Waals surface area contributed by atoms with Gasteiger partial charge in [0.05, 0.1) is 0 Å². The minimum absolute atomic E-state index is 0. The molecule has 0 fully saturated rings. The minimum Gasteiger partial charge on any atom is -0.344 e. The second-order valence-electron chi connectivity index (χ2n) is 13.2. The molecule has 8 nitrogen and oxygen atoms in total. The minimum atomic E-state index is 0. The Bertz CT molecular complexity index is 275. The van der Waals surface area contributed by atoms with Crippen LogP contribution in [0.15, 0.2) is 0 Å². The Morgan fingerprint density at radius 2 is 0.280 bits per heavy atom. The summed E-state index contributed by atoms with van der Waals surface area (Å²) in [6.07, 6.45) is 39.6. The van der Waals surface area contributed by atoms with Gasteiger partial charge in [-0.05, 0) is 77.8 Å². The molecular formula is C42H108N8. The van der Waals surface area contributed by atoms with E-state index in [1.165, 1.54) is 193 Å². The van der Waals surface area contributed by atoms with Gasteiger partial charge in [-0.3, -0.25) is 0 Å². The van der Waals surface area contributed by atoms with E-state index in [0.29, 0.717) is 0 Å². The zero-order valence-corrected chi connectivity index (χ0v) is 36.3. The van der Waals surface area contributed by atoms with Gasteiger partial charge in [-0.1, -0.05) is 196 Å². The first-order valence-corrected chi connectivity index (χ1v) is 21.7. The largest absolute Gasteiger partial charge is 0.344 e. The molecule has 0 bridgehead atoms. The molecule has 0 saturated carbocycles. The lowest BCUT2D eigenvalue weighted by atomic mass is 10.2. The first-order valence-electron chi connectivity index (χ1n) is 21.7. The highest BCUT2D eigenvalue weighted by molar-refractivity contribution is 4.44. The molecule has 50 heavy (non-hydrogen) atoms. The monoisotopic (exact) mass is 725 g/mol. The third kappa shape index (κ3) is 118. The Kier molecular flexibility index (Phi) is 118. The van der Waals surface area contributed by atoms with E-state index in [-0.39, 0.29) is 12.3 Å². The van der Waals surface area contributed by atoms with Gasteiger partial charge in [0.25, 0.3) is 0 Å². The summed E-state index contributed by atoms with van der Waals surface area (Å²) < 4.78 is 0. The lowest BCUT2D eigenvalue weighted by molar-refractivity contribution is 0.638. The molecule has 0 aromatic rings. The SMILES string of the molecule is CCCCCCCN.CCCCCCCN.CCCCCCCN.CCCCCCCN.CCCCCCCN.CCCCCCCN.N.N. The highest BCUT2D eigenvalue weighted by Gasteiger charge is 1.87. The highest BCUT2D eigenvalue weighted by Crippen LogP contribution is 2.03. The van der Waals surface area contributed by atoms with Gasteiger partial charge < -0.3 is 46.7 Å². The van der Waals surface area contributed by atoms with E-state index in [2.05, 4.69) is 41.5 Å². The number of hydrogen-bond donors (Lipinski definition) is 8. The van der Waals surface area contributed by atoms with Gasteiger partial charge in [0.1, 0.15) is 0 Å². The standard InChI is InChI=1S/6C7H17N.2H3N/c6*1-2-3-4-5-6-7-8;;/h6*2-8H2,1H3;2*1H3. The lowest BCUT2D eigenvalue weighted by Crippen LogP contribution is -1.97. The van der Waals surface area contributed by atoms with E-state index >= 15 is 0 Å². The molecule has 0 atom stereocenters. The average molecular weight is 725 g/mol. The number of unbranched alkanes of at least 4 members (excludes halogenated alkanes) is 24. The average Bonchev–Trinajstić information content (AvgIpc) is 3.11. The topological polar surface area (TPSA) is 226 Å². The summed E-state index contributed by atoms with van der Waals surface area (Å²) in [7, 11) is 0. The summed E-state index contributed by atoms with van der Waals surface area (Å²) in [5.74, 6) is 0. The molecule has 0 aliphatic heterocycles. The zero-order valence-electron chi connectivity index (χ0n) is 36.3. The van der Waals surface area contributed by atoms with Crippen molar-refractivity contribution in [2.45, 2.75) is 234 Å². The quantitative estimate of drug-likeness (QED) is 0.0331. The van der Waals surface area contributed by atoms with Gasteiger partial charge in [-0.25, -0.2) is 0 Å². The molecule has 0 unspecified atom stereocenters. The maximum atomic E-state index is 5.31. The third-order valence-corrected chi connectivity index (χ3v) is 7.85. The van der Waals surface area contributed by atoms with Crippen molar-refractivity contribution in [3.8, 4) is 0 Å². The van der Waals surface area contributed by atoms with Gasteiger partial charge in [-0.2, -0.15) is 0 Å². The predicted octanol–water partition coefficient (Wildman–Crippen LogP) is 11.8. The van der Waals surface area contributed by atoms with Crippen LogP contribution in [0.3, 0.4) is 0 Å². The number of rotatable bonds is 30. The fraction of sp³-hybridized carbons (Fsp3) is 1.00. The fourth-order valence-corrected chi connectivity index (χ4v) is 4.49. The number of nitrogens with two attached hydrogens (primary N) is 6. The van der Waals surface area contributed by atoms with Crippen LogP contribution < -0.4 is 46.7 Å². The Morgan fingerprint density at radius 3 is 0.360 bits per heavy atom. The highest BCUT2D eigenvalue weighted by atomic mass is 14.5. The smallest absolute Gasteiger partial charge is 0.00773 e. The van der Waals surface area contributed by atoms with Crippen LogP contribution in [-0.2, 0) is 0 Å². The molecule has 0 aliphatic rings. The van der Waals surface area contributed by atoms with Crippen LogP contribution in [0, 0.1) is 0 Å². The molecular weight excluding hydrogens is 617 g/mol. The predicted molar refractivity (Wildman–Crippen MR) is 237 cm³/mol. The van der Waals surface area contributed by atoms with Crippen LogP contribution >= 0.6 is 0 Å². The van der Waals surface area contributed by atoms with Crippen molar-refractivity contribution in [1.82, 2.24) is 12.3 Å². The van der Waals surface area contributed by atoms with Crippen molar-refractivity contribution < 1.29 is 0 Å². The van der Waals surface area contributed by atoms with Crippen molar-refractivity contribution in [1.29, 1.82) is 0 Å². The summed E-state index contributed by atoms with van der Waals surface area (Å²) in [6, 6.07) is 0. The second kappa shape index (κ2) is 86.9. The van der Waals surface area contributed by atoms with Gasteiger partial charge in [0.15, 0.2) is 0 Å². The molecule has 0 aromatic heterocycles. The molecule has 0 heterocycles. The van der Waals surface area contributed by atoms with Crippen LogP contribution in [0.5, 0.6) is 0 Å². The molecule has 0 saturated heterocycles. The third-order valence-electron chi connectivity index (χ3n) is 7.85. The molecule has 18 N–H and O–H groups in total. The maximum absolute atomic E-state index is 5.31. The van der Waals surface area contributed by atoms with Crippen LogP contribution in [0.1, 0.15) is 234 Å². The summed E-state index contributed by atoms with van der Waals surface area (Å²) in [5.41, 5.74) is 31.9. The van der Waals surface area contributed by atoms with E-state index in [9.17, 15) is 0 Å². The first-order chi connectivity index (χ1) is 23.5. The Balaban J connectivity index is -0.0000000700. The first kappa shape index (κ1) is 67.8. The van der Waals surface area contributed by atoms with Gasteiger partial charge in [0.2, 0.25) is 0 Å². The van der Waals surface area contributed by atoms with Crippen LogP contribution in [0.4, 0.5) is 0 Å². The van der Waals surface area contributed by atoms with E-state index in [1.54, 1.807) is 0 Å². The molecule has 316 valence electrons. The van der Waals surface area contributed by atoms with Crippen LogP contribution in [0.25, 0.3) is 0 Å². The van der Waals surface area contributed by atoms with E-state index < -0.39 is 0 Å². The Morgan fingerprint density at radius 1 is 0.180 bits per heavy atom. The molecule has 0 spiro atoms. The summed E-state index contributed by atoms with van der Waals surface area (Å²) in [4.78, 5) is 0. The zero-order chi connectivity index (χ0) is 37.5. The molecule has 8 heteroatoms. The van der Waals surface area contributed by atoms with Crippen molar-refractivity contribution in [2.75, 3.05) is 39.3 Å². The maximum Gasteiger partial charge on any atom is -0.00773 e. The van der Waals surface area contributed by atoms with Crippen molar-refractivity contribution in [2.24, 2.45) is 34.4 Å². The Hall–Kier alpha value is -0.320. The Labute approximate surface area is 319 Å². The van der Waals surface area contributed by atoms with Crippen LogP contribution in [0.2, 0.25) is 0 Å². The molecule has 0 rings (SSSR count). The van der Waals surface area contributed by atoms with Crippen molar-refractivity contribution >= 4 is 0 Å². The van der Waals surface area contributed by atoms with Gasteiger partial charge in [0, 0.05) is 0 Å². The van der Waals surface area contributed by atoms with Crippen molar-refractivity contribution in [3.63, 3.8) is 0 Å². The van der Waals surface area contributed by atoms with Gasteiger partial charge in [-0.15, -0.1) is 0 Å². The summed E-state index contributed by atoms with van der Waals surface area (Å²) >= 11 is 0. The normalized spacial score (nSPS) is 9.36. The van der Waals surface area contributed by atoms with E-state index in [4.69, 9.17) is 34.4 Å². The van der Waals surface area contributed by atoms with Gasteiger partial charge >= 0.3 is 0 Å². The molecule has 0 radical (unpaired) electrons. The second-order valence-corrected chi connectivity index (χ2v) is 13.2. The fourth-order valence-electron chi connectivity index (χ4n) is 4.49. The van der Waals surface area contributed by atoms with Crippen molar-refractivity contribution in [3.05, 3.63) is 0 Å². The summed E-state index contributed by atoms with van der Waals surface area (Å²) in [5, 5.41) is 0. The number of hydrogen-bond acceptors (Lipinski definition) is 8. The molecule has 0 aromatic carbocycles. The molecule has 0 aliphatic carbocycles. The van der Waals surface area contributed by atoms with E-state index in [1.807, 2.05) is 0 Å². The summed E-state index contributed by atoms with van der Waals surface area (Å²) in [6.45, 7) is 18.5. The lowest BCUT2D eigenvalue weighted by Gasteiger charge is -1.93.